The van der Waals surface area contributed by atoms with Gasteiger partial charge in [-0.05, 0) is 25.1 Å². The first kappa shape index (κ1) is 16.8. The molecule has 0 saturated carbocycles. The molecule has 7 nitrogen and oxygen atoms in total. The number of carbonyl (C=O) groups is 2. The first-order valence-electron chi connectivity index (χ1n) is 8.00. The van der Waals surface area contributed by atoms with Crippen LogP contribution in [0.5, 0.6) is 5.88 Å². The molecule has 3 amide bonds. The van der Waals surface area contributed by atoms with Crippen molar-refractivity contribution in [3.8, 4) is 5.88 Å². The largest absolute Gasteiger partial charge is 0.481 e. The fraction of sp³-hybridized carbons (Fsp3) is 0.278. The number of hydrogen-bond acceptors (Lipinski definition) is 4. The highest BCUT2D eigenvalue weighted by atomic mass is 16.5. The molecule has 2 aromatic rings. The summed E-state index contributed by atoms with van der Waals surface area (Å²) in [6, 6.07) is 11.0. The summed E-state index contributed by atoms with van der Waals surface area (Å²) in [7, 11) is 1.53. The van der Waals surface area contributed by atoms with Gasteiger partial charge in [0.15, 0.2) is 0 Å². The number of hydrogen-bond donors (Lipinski definition) is 1. The maximum atomic E-state index is 12.5. The van der Waals surface area contributed by atoms with Gasteiger partial charge in [0.2, 0.25) is 11.8 Å². The van der Waals surface area contributed by atoms with E-state index >= 15 is 0 Å². The molecule has 0 unspecified atom stereocenters. The van der Waals surface area contributed by atoms with Crippen LogP contribution < -0.4 is 15.0 Å². The van der Waals surface area contributed by atoms with E-state index in [1.807, 2.05) is 31.2 Å². The zero-order chi connectivity index (χ0) is 17.8. The number of methoxy groups -OCH3 is 1. The lowest BCUT2D eigenvalue weighted by molar-refractivity contribution is -0.116. The topological polar surface area (TPSA) is 74.8 Å². The lowest BCUT2D eigenvalue weighted by Gasteiger charge is -2.18. The fourth-order valence-electron chi connectivity index (χ4n) is 2.64. The smallest absolute Gasteiger partial charge is 0.325 e. The van der Waals surface area contributed by atoms with Crippen molar-refractivity contribution in [2.75, 3.05) is 37.0 Å². The quantitative estimate of drug-likeness (QED) is 0.906. The standard InChI is InChI=1S/C18H20N4O3/c1-13-3-6-15(7-4-13)22-10-9-21(18(22)24)12-16(23)20-14-5-8-17(25-2)19-11-14/h3-8,11H,9-10,12H2,1-2H3,(H,20,23). The predicted molar refractivity (Wildman–Crippen MR) is 94.9 cm³/mol. The molecule has 1 N–H and O–H groups in total. The van der Waals surface area contributed by atoms with Crippen LogP contribution >= 0.6 is 0 Å². The Morgan fingerprint density at radius 1 is 1.20 bits per heavy atom. The molecule has 0 atom stereocenters. The molecule has 1 fully saturated rings. The summed E-state index contributed by atoms with van der Waals surface area (Å²) < 4.78 is 4.97. The van der Waals surface area contributed by atoms with Gasteiger partial charge in [0.25, 0.3) is 0 Å². The molecule has 7 heteroatoms. The summed E-state index contributed by atoms with van der Waals surface area (Å²) in [4.78, 5) is 31.9. The molecule has 1 saturated heterocycles. The second-order valence-electron chi connectivity index (χ2n) is 5.83. The Morgan fingerprint density at radius 2 is 1.96 bits per heavy atom. The number of pyridine rings is 1. The van der Waals surface area contributed by atoms with Gasteiger partial charge in [0.05, 0.1) is 19.0 Å². The van der Waals surface area contributed by atoms with Crippen molar-refractivity contribution in [3.63, 3.8) is 0 Å². The second-order valence-corrected chi connectivity index (χ2v) is 5.83. The van der Waals surface area contributed by atoms with E-state index in [1.54, 1.807) is 17.0 Å². The number of nitrogens with zero attached hydrogens (tertiary/aromatic N) is 3. The summed E-state index contributed by atoms with van der Waals surface area (Å²) in [5.74, 6) is 0.215. The van der Waals surface area contributed by atoms with Gasteiger partial charge < -0.3 is 15.0 Å². The SMILES string of the molecule is COc1ccc(NC(=O)CN2CCN(c3ccc(C)cc3)C2=O)cn1. The van der Waals surface area contributed by atoms with Crippen molar-refractivity contribution in [3.05, 3.63) is 48.2 Å². The van der Waals surface area contributed by atoms with E-state index < -0.39 is 0 Å². The van der Waals surface area contributed by atoms with Gasteiger partial charge >= 0.3 is 6.03 Å². The number of anilines is 2. The van der Waals surface area contributed by atoms with E-state index in [9.17, 15) is 9.59 Å². The minimum atomic E-state index is -0.258. The van der Waals surface area contributed by atoms with Crippen molar-refractivity contribution in [1.29, 1.82) is 0 Å². The van der Waals surface area contributed by atoms with Gasteiger partial charge in [0.1, 0.15) is 6.54 Å². The molecule has 1 aliphatic heterocycles. The molecule has 0 aliphatic carbocycles. The van der Waals surface area contributed by atoms with E-state index in [4.69, 9.17) is 4.74 Å². The highest BCUT2D eigenvalue weighted by molar-refractivity contribution is 5.99. The number of amides is 3. The first-order chi connectivity index (χ1) is 12.1. The zero-order valence-electron chi connectivity index (χ0n) is 14.2. The molecule has 1 aromatic heterocycles. The number of aromatic nitrogens is 1. The molecule has 0 spiro atoms. The Hall–Kier alpha value is -3.09. The van der Waals surface area contributed by atoms with Crippen molar-refractivity contribution >= 4 is 23.3 Å². The summed E-state index contributed by atoms with van der Waals surface area (Å²) in [5, 5.41) is 2.73. The van der Waals surface area contributed by atoms with Gasteiger partial charge in [-0.25, -0.2) is 9.78 Å². The normalized spacial score (nSPS) is 13.9. The molecular weight excluding hydrogens is 320 g/mol. The summed E-state index contributed by atoms with van der Waals surface area (Å²) >= 11 is 0. The van der Waals surface area contributed by atoms with Crippen LogP contribution in [0.15, 0.2) is 42.6 Å². The number of rotatable bonds is 5. The van der Waals surface area contributed by atoms with Gasteiger partial charge in [-0.15, -0.1) is 0 Å². The summed E-state index contributed by atoms with van der Waals surface area (Å²) in [6.07, 6.45) is 1.52. The lowest BCUT2D eigenvalue weighted by Crippen LogP contribution is -2.37. The predicted octanol–water partition coefficient (Wildman–Crippen LogP) is 2.28. The Bertz CT molecular complexity index is 759. The van der Waals surface area contributed by atoms with E-state index in [2.05, 4.69) is 10.3 Å². The third-order valence-corrected chi connectivity index (χ3v) is 4.00. The van der Waals surface area contributed by atoms with Gasteiger partial charge in [-0.1, -0.05) is 17.7 Å². The van der Waals surface area contributed by atoms with Crippen LogP contribution in [-0.4, -0.2) is 48.6 Å². The number of aryl methyl sites for hydroxylation is 1. The average Bonchev–Trinajstić information content (AvgIpc) is 2.97. The molecule has 0 bridgehead atoms. The molecule has 3 rings (SSSR count). The van der Waals surface area contributed by atoms with Crippen LogP contribution in [0.1, 0.15) is 5.56 Å². The number of nitrogens with one attached hydrogen (secondary N) is 1. The maximum Gasteiger partial charge on any atom is 0.325 e. The van der Waals surface area contributed by atoms with Crippen LogP contribution in [-0.2, 0) is 4.79 Å². The minimum Gasteiger partial charge on any atom is -0.481 e. The highest BCUT2D eigenvalue weighted by Crippen LogP contribution is 2.20. The minimum absolute atomic E-state index is 0.00717. The second kappa shape index (κ2) is 7.21. The Balaban J connectivity index is 1.58. The Kier molecular flexibility index (Phi) is 4.83. The van der Waals surface area contributed by atoms with Crippen LogP contribution in [0, 0.1) is 6.92 Å². The van der Waals surface area contributed by atoms with Crippen LogP contribution in [0.4, 0.5) is 16.2 Å². The molecule has 0 radical (unpaired) electrons. The zero-order valence-corrected chi connectivity index (χ0v) is 14.2. The number of ether oxygens (including phenoxy) is 1. The third-order valence-electron chi connectivity index (χ3n) is 4.00. The number of urea groups is 1. The van der Waals surface area contributed by atoms with Crippen molar-refractivity contribution < 1.29 is 14.3 Å². The highest BCUT2D eigenvalue weighted by Gasteiger charge is 2.30. The molecule has 2 heterocycles. The summed E-state index contributed by atoms with van der Waals surface area (Å²) in [6.45, 7) is 3.09. The Morgan fingerprint density at radius 3 is 2.60 bits per heavy atom. The fourth-order valence-corrected chi connectivity index (χ4v) is 2.64. The molecular formula is C18H20N4O3. The van der Waals surface area contributed by atoms with Gasteiger partial charge in [-0.3, -0.25) is 9.69 Å². The monoisotopic (exact) mass is 340 g/mol. The van der Waals surface area contributed by atoms with Crippen LogP contribution in [0.3, 0.4) is 0 Å². The van der Waals surface area contributed by atoms with Crippen LogP contribution in [0.2, 0.25) is 0 Å². The van der Waals surface area contributed by atoms with Crippen molar-refractivity contribution in [2.24, 2.45) is 0 Å². The van der Waals surface area contributed by atoms with E-state index in [-0.39, 0.29) is 18.5 Å². The van der Waals surface area contributed by atoms with Crippen molar-refractivity contribution in [1.82, 2.24) is 9.88 Å². The molecule has 25 heavy (non-hydrogen) atoms. The Labute approximate surface area is 146 Å². The van der Waals surface area contributed by atoms with Gasteiger partial charge in [-0.2, -0.15) is 0 Å². The average molecular weight is 340 g/mol. The molecule has 130 valence electrons. The molecule has 1 aromatic carbocycles. The number of benzene rings is 1. The lowest BCUT2D eigenvalue weighted by atomic mass is 10.2. The summed E-state index contributed by atoms with van der Waals surface area (Å²) in [5.41, 5.74) is 2.55. The molecule has 1 aliphatic rings. The number of carbonyl (C=O) groups excluding carboxylic acids is 2. The van der Waals surface area contributed by atoms with Crippen molar-refractivity contribution in [2.45, 2.75) is 6.92 Å². The van der Waals surface area contributed by atoms with Crippen LogP contribution in [0.25, 0.3) is 0 Å². The maximum absolute atomic E-state index is 12.5. The van der Waals surface area contributed by atoms with E-state index in [0.717, 1.165) is 11.3 Å². The van der Waals surface area contributed by atoms with E-state index in [1.165, 1.54) is 18.2 Å². The van der Waals surface area contributed by atoms with Gasteiger partial charge in [0, 0.05) is 24.8 Å². The van der Waals surface area contributed by atoms with E-state index in [0.29, 0.717) is 24.7 Å². The third kappa shape index (κ3) is 3.88. The first-order valence-corrected chi connectivity index (χ1v) is 8.00.